The molecule has 130 valence electrons. The lowest BCUT2D eigenvalue weighted by Crippen LogP contribution is -2.22. The molecule has 0 aliphatic carbocycles. The molecule has 1 N–H and O–H groups in total. The van der Waals surface area contributed by atoms with Gasteiger partial charge in [0.2, 0.25) is 0 Å². The van der Waals surface area contributed by atoms with E-state index < -0.39 is 0 Å². The molecular formula is C19H15N3O2S2. The van der Waals surface area contributed by atoms with Crippen LogP contribution in [0.15, 0.2) is 58.5 Å². The Bertz CT molecular complexity index is 1020. The van der Waals surface area contributed by atoms with Crippen LogP contribution in [-0.4, -0.2) is 15.9 Å². The van der Waals surface area contributed by atoms with Crippen LogP contribution in [0.5, 0.6) is 0 Å². The molecule has 5 nitrogen and oxygen atoms in total. The van der Waals surface area contributed by atoms with Crippen LogP contribution in [0, 0.1) is 6.92 Å². The van der Waals surface area contributed by atoms with Gasteiger partial charge in [-0.2, -0.15) is 0 Å². The van der Waals surface area contributed by atoms with Crippen molar-refractivity contribution in [1.29, 1.82) is 0 Å². The Hall–Kier alpha value is -2.77. The van der Waals surface area contributed by atoms with Gasteiger partial charge >= 0.3 is 0 Å². The van der Waals surface area contributed by atoms with Crippen molar-refractivity contribution in [3.63, 3.8) is 0 Å². The predicted octanol–water partition coefficient (Wildman–Crippen LogP) is 4.77. The van der Waals surface area contributed by atoms with Gasteiger partial charge in [0.1, 0.15) is 10.7 Å². The van der Waals surface area contributed by atoms with E-state index in [1.807, 2.05) is 49.4 Å². The minimum absolute atomic E-state index is 0.184. The number of benzene rings is 1. The lowest BCUT2D eigenvalue weighted by atomic mass is 10.2. The van der Waals surface area contributed by atoms with Crippen LogP contribution in [0.25, 0.3) is 21.3 Å². The molecule has 0 aliphatic heterocycles. The van der Waals surface area contributed by atoms with Gasteiger partial charge in [-0.1, -0.05) is 30.3 Å². The standard InChI is InChI=1S/C19H15N3O2S2/c1-12-16(26-19(21-12)15-8-5-9-24-15)10-20-17(23)14-11-25-18(22-14)13-6-3-2-4-7-13/h2-9,11H,10H2,1H3,(H,20,23). The van der Waals surface area contributed by atoms with Crippen molar-refractivity contribution in [2.75, 3.05) is 0 Å². The zero-order valence-corrected chi connectivity index (χ0v) is 15.6. The second kappa shape index (κ2) is 7.23. The van der Waals surface area contributed by atoms with Gasteiger partial charge < -0.3 is 9.73 Å². The SMILES string of the molecule is Cc1nc(-c2ccco2)sc1CNC(=O)c1csc(-c2ccccc2)n1. The summed E-state index contributed by atoms with van der Waals surface area (Å²) < 4.78 is 5.38. The molecule has 4 rings (SSSR count). The summed E-state index contributed by atoms with van der Waals surface area (Å²) in [6.45, 7) is 2.35. The second-order valence-corrected chi connectivity index (χ2v) is 7.53. The van der Waals surface area contributed by atoms with E-state index in [0.29, 0.717) is 12.2 Å². The number of hydrogen-bond donors (Lipinski definition) is 1. The third kappa shape index (κ3) is 3.44. The van der Waals surface area contributed by atoms with Gasteiger partial charge in [-0.15, -0.1) is 22.7 Å². The third-order valence-electron chi connectivity index (χ3n) is 3.79. The summed E-state index contributed by atoms with van der Waals surface area (Å²) in [5.74, 6) is 0.554. The average molecular weight is 381 g/mol. The van der Waals surface area contributed by atoms with Gasteiger partial charge in [-0.05, 0) is 19.1 Å². The lowest BCUT2D eigenvalue weighted by molar-refractivity contribution is 0.0947. The highest BCUT2D eigenvalue weighted by Gasteiger charge is 2.15. The Morgan fingerprint density at radius 1 is 1.12 bits per heavy atom. The third-order valence-corrected chi connectivity index (χ3v) is 5.86. The van der Waals surface area contributed by atoms with Crippen molar-refractivity contribution >= 4 is 28.6 Å². The molecule has 26 heavy (non-hydrogen) atoms. The zero-order valence-electron chi connectivity index (χ0n) is 13.9. The number of thiazole rings is 2. The van der Waals surface area contributed by atoms with Crippen LogP contribution in [-0.2, 0) is 6.54 Å². The fourth-order valence-corrected chi connectivity index (χ4v) is 4.22. The van der Waals surface area contributed by atoms with Crippen molar-refractivity contribution in [1.82, 2.24) is 15.3 Å². The van der Waals surface area contributed by atoms with Crippen molar-refractivity contribution in [2.24, 2.45) is 0 Å². The van der Waals surface area contributed by atoms with E-state index in [2.05, 4.69) is 15.3 Å². The van der Waals surface area contributed by atoms with Crippen molar-refractivity contribution in [3.8, 4) is 21.3 Å². The maximum atomic E-state index is 12.4. The number of nitrogens with zero attached hydrogens (tertiary/aromatic N) is 2. The summed E-state index contributed by atoms with van der Waals surface area (Å²) in [6, 6.07) is 13.5. The molecule has 0 saturated carbocycles. The first-order valence-electron chi connectivity index (χ1n) is 8.00. The van der Waals surface area contributed by atoms with Gasteiger partial charge in [0.05, 0.1) is 18.5 Å². The molecule has 0 radical (unpaired) electrons. The molecule has 1 aromatic carbocycles. The summed E-state index contributed by atoms with van der Waals surface area (Å²) in [5, 5.41) is 6.36. The highest BCUT2D eigenvalue weighted by Crippen LogP contribution is 2.28. The Balaban J connectivity index is 1.44. The Kier molecular flexibility index (Phi) is 4.64. The number of hydrogen-bond acceptors (Lipinski definition) is 6. The summed E-state index contributed by atoms with van der Waals surface area (Å²) in [7, 11) is 0. The highest BCUT2D eigenvalue weighted by atomic mass is 32.1. The first-order chi connectivity index (χ1) is 12.7. The van der Waals surface area contributed by atoms with Crippen molar-refractivity contribution < 1.29 is 9.21 Å². The summed E-state index contributed by atoms with van der Waals surface area (Å²) >= 11 is 2.98. The average Bonchev–Trinajstić information content (AvgIpc) is 3.41. The van der Waals surface area contributed by atoms with E-state index in [1.54, 1.807) is 11.6 Å². The van der Waals surface area contributed by atoms with Gasteiger partial charge in [0.15, 0.2) is 10.8 Å². The van der Waals surface area contributed by atoms with Gasteiger partial charge in [-0.25, -0.2) is 9.97 Å². The van der Waals surface area contributed by atoms with E-state index in [1.165, 1.54) is 22.7 Å². The fourth-order valence-electron chi connectivity index (χ4n) is 2.44. The van der Waals surface area contributed by atoms with Crippen molar-refractivity contribution in [2.45, 2.75) is 13.5 Å². The molecule has 3 heterocycles. The van der Waals surface area contributed by atoms with Crippen LogP contribution >= 0.6 is 22.7 Å². The van der Waals surface area contributed by atoms with Crippen LogP contribution in [0.1, 0.15) is 21.1 Å². The van der Waals surface area contributed by atoms with Crippen molar-refractivity contribution in [3.05, 3.63) is 70.4 Å². The summed E-state index contributed by atoms with van der Waals surface area (Å²) in [6.07, 6.45) is 1.63. The van der Waals surface area contributed by atoms with E-state index in [-0.39, 0.29) is 5.91 Å². The highest BCUT2D eigenvalue weighted by molar-refractivity contribution is 7.15. The molecule has 0 spiro atoms. The van der Waals surface area contributed by atoms with Gasteiger partial charge in [0, 0.05) is 15.8 Å². The number of carbonyl (C=O) groups is 1. The lowest BCUT2D eigenvalue weighted by Gasteiger charge is -2.01. The maximum Gasteiger partial charge on any atom is 0.271 e. The molecule has 1 amide bonds. The fraction of sp³-hybridized carbons (Fsp3) is 0.105. The molecule has 0 saturated heterocycles. The molecule has 4 aromatic rings. The number of aromatic nitrogens is 2. The van der Waals surface area contributed by atoms with Crippen LogP contribution in [0.3, 0.4) is 0 Å². The second-order valence-electron chi connectivity index (χ2n) is 5.59. The Labute approximate surface area is 158 Å². The van der Waals surface area contributed by atoms with Crippen LogP contribution < -0.4 is 5.32 Å². The quantitative estimate of drug-likeness (QED) is 0.541. The maximum absolute atomic E-state index is 12.4. The number of amides is 1. The van der Waals surface area contributed by atoms with Gasteiger partial charge in [-0.3, -0.25) is 4.79 Å². The number of rotatable bonds is 5. The minimum atomic E-state index is -0.184. The number of nitrogens with one attached hydrogen (secondary N) is 1. The predicted molar refractivity (Wildman–Crippen MR) is 103 cm³/mol. The van der Waals surface area contributed by atoms with Crippen LogP contribution in [0.2, 0.25) is 0 Å². The van der Waals surface area contributed by atoms with E-state index >= 15 is 0 Å². The molecule has 7 heteroatoms. The summed E-state index contributed by atoms with van der Waals surface area (Å²) in [4.78, 5) is 22.4. The van der Waals surface area contributed by atoms with E-state index in [0.717, 1.165) is 31.9 Å². The molecular weight excluding hydrogens is 366 g/mol. The molecule has 0 atom stereocenters. The largest absolute Gasteiger partial charge is 0.462 e. The number of carbonyl (C=O) groups excluding carboxylic acids is 1. The monoisotopic (exact) mass is 381 g/mol. The van der Waals surface area contributed by atoms with Crippen LogP contribution in [0.4, 0.5) is 0 Å². The van der Waals surface area contributed by atoms with E-state index in [9.17, 15) is 4.79 Å². The minimum Gasteiger partial charge on any atom is -0.462 e. The molecule has 0 aliphatic rings. The van der Waals surface area contributed by atoms with Gasteiger partial charge in [0.25, 0.3) is 5.91 Å². The number of furan rings is 1. The molecule has 0 bridgehead atoms. The number of aryl methyl sites for hydroxylation is 1. The Morgan fingerprint density at radius 2 is 1.96 bits per heavy atom. The Morgan fingerprint density at radius 3 is 2.73 bits per heavy atom. The molecule has 3 aromatic heterocycles. The molecule has 0 unspecified atom stereocenters. The summed E-state index contributed by atoms with van der Waals surface area (Å²) in [5.41, 5.74) is 2.34. The topological polar surface area (TPSA) is 68.0 Å². The first kappa shape index (κ1) is 16.7. The molecule has 0 fully saturated rings. The smallest absolute Gasteiger partial charge is 0.271 e. The normalized spacial score (nSPS) is 10.8. The zero-order chi connectivity index (χ0) is 17.9. The van der Waals surface area contributed by atoms with E-state index in [4.69, 9.17) is 4.42 Å². The first-order valence-corrected chi connectivity index (χ1v) is 9.69.